The Morgan fingerprint density at radius 2 is 1.89 bits per heavy atom. The normalized spacial score (nSPS) is 23.3. The maximum Gasteiger partial charge on any atom is 0.251 e. The molecule has 1 N–H and O–H groups in total. The van der Waals surface area contributed by atoms with Gasteiger partial charge in [-0.25, -0.2) is 0 Å². The third-order valence-electron chi connectivity index (χ3n) is 3.86. The van der Waals surface area contributed by atoms with Crippen LogP contribution in [-0.2, 0) is 0 Å². The van der Waals surface area contributed by atoms with Crippen LogP contribution in [0.25, 0.3) is 0 Å². The van der Waals surface area contributed by atoms with Gasteiger partial charge in [-0.1, -0.05) is 31.0 Å². The molecule has 0 spiro atoms. The molecule has 3 heteroatoms. The SMILES string of the molecule is CN(C)C[C@H]1CCCC[C@H]1NC(=O)c1ccccc1. The van der Waals surface area contributed by atoms with Crippen LogP contribution >= 0.6 is 0 Å². The summed E-state index contributed by atoms with van der Waals surface area (Å²) in [6, 6.07) is 9.83. The number of nitrogens with zero attached hydrogens (tertiary/aromatic N) is 1. The first-order chi connectivity index (χ1) is 9.16. The van der Waals surface area contributed by atoms with Gasteiger partial charge in [-0.05, 0) is 45.0 Å². The molecule has 0 unspecified atom stereocenters. The first kappa shape index (κ1) is 14.1. The maximum absolute atomic E-state index is 12.2. The molecule has 0 heterocycles. The Kier molecular flexibility index (Phi) is 4.97. The first-order valence-corrected chi connectivity index (χ1v) is 7.17. The van der Waals surface area contributed by atoms with Crippen LogP contribution in [0.5, 0.6) is 0 Å². The second-order valence-electron chi connectivity index (χ2n) is 5.75. The van der Waals surface area contributed by atoms with Gasteiger partial charge >= 0.3 is 0 Å². The van der Waals surface area contributed by atoms with E-state index in [1.54, 1.807) is 0 Å². The molecule has 1 aliphatic rings. The summed E-state index contributed by atoms with van der Waals surface area (Å²) in [6.45, 7) is 1.06. The van der Waals surface area contributed by atoms with Crippen molar-refractivity contribution in [1.29, 1.82) is 0 Å². The van der Waals surface area contributed by atoms with Gasteiger partial charge in [0.05, 0.1) is 0 Å². The predicted octanol–water partition coefficient (Wildman–Crippen LogP) is 2.54. The molecule has 1 aliphatic carbocycles. The van der Waals surface area contributed by atoms with Crippen molar-refractivity contribution >= 4 is 5.91 Å². The molecule has 0 bridgehead atoms. The monoisotopic (exact) mass is 260 g/mol. The van der Waals surface area contributed by atoms with E-state index in [-0.39, 0.29) is 5.91 Å². The van der Waals surface area contributed by atoms with E-state index in [1.807, 2.05) is 30.3 Å². The number of rotatable bonds is 4. The van der Waals surface area contributed by atoms with Gasteiger partial charge in [-0.15, -0.1) is 0 Å². The lowest BCUT2D eigenvalue weighted by atomic mass is 9.84. The zero-order chi connectivity index (χ0) is 13.7. The van der Waals surface area contributed by atoms with E-state index in [1.165, 1.54) is 19.3 Å². The van der Waals surface area contributed by atoms with E-state index >= 15 is 0 Å². The fourth-order valence-corrected chi connectivity index (χ4v) is 2.93. The van der Waals surface area contributed by atoms with Crippen molar-refractivity contribution in [3.63, 3.8) is 0 Å². The minimum Gasteiger partial charge on any atom is -0.349 e. The average molecular weight is 260 g/mol. The summed E-state index contributed by atoms with van der Waals surface area (Å²) in [5.74, 6) is 0.646. The number of benzene rings is 1. The Bertz CT molecular complexity index is 402. The van der Waals surface area contributed by atoms with Crippen molar-refractivity contribution in [2.24, 2.45) is 5.92 Å². The van der Waals surface area contributed by atoms with E-state index in [0.29, 0.717) is 12.0 Å². The summed E-state index contributed by atoms with van der Waals surface area (Å²) in [7, 11) is 4.20. The van der Waals surface area contributed by atoms with Crippen molar-refractivity contribution in [3.8, 4) is 0 Å². The van der Waals surface area contributed by atoms with Gasteiger partial charge in [-0.2, -0.15) is 0 Å². The van der Waals surface area contributed by atoms with E-state index in [0.717, 1.165) is 18.5 Å². The molecule has 1 fully saturated rings. The second-order valence-corrected chi connectivity index (χ2v) is 5.75. The zero-order valence-electron chi connectivity index (χ0n) is 11.9. The quantitative estimate of drug-likeness (QED) is 0.902. The zero-order valence-corrected chi connectivity index (χ0v) is 11.9. The van der Waals surface area contributed by atoms with Crippen molar-refractivity contribution in [2.45, 2.75) is 31.7 Å². The molecule has 2 atom stereocenters. The molecular formula is C16H24N2O. The summed E-state index contributed by atoms with van der Waals surface area (Å²) < 4.78 is 0. The van der Waals surface area contributed by atoms with Gasteiger partial charge in [0.2, 0.25) is 0 Å². The molecule has 1 aromatic rings. The highest BCUT2D eigenvalue weighted by atomic mass is 16.1. The van der Waals surface area contributed by atoms with Crippen LogP contribution in [0.2, 0.25) is 0 Å². The Morgan fingerprint density at radius 3 is 2.58 bits per heavy atom. The predicted molar refractivity (Wildman–Crippen MR) is 78.2 cm³/mol. The van der Waals surface area contributed by atoms with Crippen molar-refractivity contribution in [1.82, 2.24) is 10.2 Å². The van der Waals surface area contributed by atoms with Crippen LogP contribution in [0.4, 0.5) is 0 Å². The third kappa shape index (κ3) is 4.06. The van der Waals surface area contributed by atoms with Gasteiger partial charge in [0.25, 0.3) is 5.91 Å². The molecule has 3 nitrogen and oxygen atoms in total. The average Bonchev–Trinajstić information content (AvgIpc) is 2.41. The largest absolute Gasteiger partial charge is 0.349 e. The molecule has 1 saturated carbocycles. The topological polar surface area (TPSA) is 32.3 Å². The van der Waals surface area contributed by atoms with E-state index in [2.05, 4.69) is 24.3 Å². The summed E-state index contributed by atoms with van der Waals surface area (Å²) >= 11 is 0. The highest BCUT2D eigenvalue weighted by Gasteiger charge is 2.26. The second kappa shape index (κ2) is 6.71. The van der Waals surface area contributed by atoms with Gasteiger partial charge in [-0.3, -0.25) is 4.79 Å². The molecule has 1 aromatic carbocycles. The van der Waals surface area contributed by atoms with Crippen molar-refractivity contribution in [2.75, 3.05) is 20.6 Å². The van der Waals surface area contributed by atoms with E-state index in [4.69, 9.17) is 0 Å². The van der Waals surface area contributed by atoms with Crippen molar-refractivity contribution in [3.05, 3.63) is 35.9 Å². The lowest BCUT2D eigenvalue weighted by Gasteiger charge is -2.34. The number of nitrogens with one attached hydrogen (secondary N) is 1. The molecule has 0 aromatic heterocycles. The first-order valence-electron chi connectivity index (χ1n) is 7.17. The van der Waals surface area contributed by atoms with E-state index < -0.39 is 0 Å². The smallest absolute Gasteiger partial charge is 0.251 e. The van der Waals surface area contributed by atoms with Gasteiger partial charge in [0, 0.05) is 18.2 Å². The summed E-state index contributed by atoms with van der Waals surface area (Å²) in [5, 5.41) is 3.22. The number of carbonyl (C=O) groups is 1. The summed E-state index contributed by atoms with van der Waals surface area (Å²) in [4.78, 5) is 14.4. The number of hydrogen-bond donors (Lipinski definition) is 1. The Morgan fingerprint density at radius 1 is 1.21 bits per heavy atom. The summed E-state index contributed by atoms with van der Waals surface area (Å²) in [5.41, 5.74) is 0.761. The fourth-order valence-electron chi connectivity index (χ4n) is 2.93. The van der Waals surface area contributed by atoms with Crippen LogP contribution in [0.1, 0.15) is 36.0 Å². The highest BCUT2D eigenvalue weighted by Crippen LogP contribution is 2.25. The van der Waals surface area contributed by atoms with E-state index in [9.17, 15) is 4.79 Å². The molecule has 2 rings (SSSR count). The Hall–Kier alpha value is -1.35. The van der Waals surface area contributed by atoms with Crippen LogP contribution in [0.15, 0.2) is 30.3 Å². The Balaban J connectivity index is 1.97. The van der Waals surface area contributed by atoms with Gasteiger partial charge in [0.15, 0.2) is 0 Å². The van der Waals surface area contributed by atoms with Gasteiger partial charge < -0.3 is 10.2 Å². The van der Waals surface area contributed by atoms with Crippen LogP contribution in [0, 0.1) is 5.92 Å². The fraction of sp³-hybridized carbons (Fsp3) is 0.562. The van der Waals surface area contributed by atoms with Crippen LogP contribution in [0.3, 0.4) is 0 Å². The van der Waals surface area contributed by atoms with Crippen LogP contribution < -0.4 is 5.32 Å². The molecule has 19 heavy (non-hydrogen) atoms. The standard InChI is InChI=1S/C16H24N2O/c1-18(2)12-14-10-6-7-11-15(14)17-16(19)13-8-4-3-5-9-13/h3-5,8-9,14-15H,6-7,10-12H2,1-2H3,(H,17,19)/t14-,15-/m1/s1. The summed E-state index contributed by atoms with van der Waals surface area (Å²) in [6.07, 6.45) is 4.84. The number of carbonyl (C=O) groups excluding carboxylic acids is 1. The molecule has 0 saturated heterocycles. The minimum absolute atomic E-state index is 0.0660. The van der Waals surface area contributed by atoms with Crippen molar-refractivity contribution < 1.29 is 4.79 Å². The maximum atomic E-state index is 12.2. The highest BCUT2D eigenvalue weighted by molar-refractivity contribution is 5.94. The number of amides is 1. The van der Waals surface area contributed by atoms with Crippen LogP contribution in [-0.4, -0.2) is 37.5 Å². The Labute approximate surface area is 116 Å². The van der Waals surface area contributed by atoms with Gasteiger partial charge in [0.1, 0.15) is 0 Å². The molecular weight excluding hydrogens is 236 g/mol. The number of hydrogen-bond acceptors (Lipinski definition) is 2. The molecule has 0 radical (unpaired) electrons. The molecule has 104 valence electrons. The lowest BCUT2D eigenvalue weighted by Crippen LogP contribution is -2.45. The minimum atomic E-state index is 0.0660. The third-order valence-corrected chi connectivity index (χ3v) is 3.86. The molecule has 1 amide bonds. The lowest BCUT2D eigenvalue weighted by molar-refractivity contribution is 0.0895. The molecule has 0 aliphatic heterocycles.